The van der Waals surface area contributed by atoms with E-state index in [2.05, 4.69) is 15.1 Å². The van der Waals surface area contributed by atoms with E-state index in [1.165, 1.54) is 12.1 Å². The van der Waals surface area contributed by atoms with Crippen molar-refractivity contribution in [2.45, 2.75) is 25.9 Å². The average Bonchev–Trinajstić information content (AvgIpc) is 3.04. The van der Waals surface area contributed by atoms with Gasteiger partial charge in [-0.2, -0.15) is 5.10 Å². The number of hydrogen-bond donors (Lipinski definition) is 2. The Morgan fingerprint density at radius 1 is 1.36 bits per heavy atom. The molecule has 1 atom stereocenters. The maximum Gasteiger partial charge on any atom is 0.274 e. The number of nitrogens with zero attached hydrogens (tertiary/aromatic N) is 3. The number of amides is 1. The molecule has 1 fully saturated rings. The Morgan fingerprint density at radius 2 is 2.12 bits per heavy atom. The smallest absolute Gasteiger partial charge is 0.274 e. The lowest BCUT2D eigenvalue weighted by atomic mass is 10.1. The summed E-state index contributed by atoms with van der Waals surface area (Å²) in [5.41, 5.74) is 2.30. The lowest BCUT2D eigenvalue weighted by Gasteiger charge is -2.41. The molecule has 7 heteroatoms. The first kappa shape index (κ1) is 17.6. The highest BCUT2D eigenvalue weighted by molar-refractivity contribution is 5.92. The van der Waals surface area contributed by atoms with E-state index in [4.69, 9.17) is 0 Å². The van der Waals surface area contributed by atoms with E-state index in [0.29, 0.717) is 38.3 Å². The Labute approximate surface area is 146 Å². The molecule has 25 heavy (non-hydrogen) atoms. The van der Waals surface area contributed by atoms with Crippen LogP contribution in [-0.4, -0.2) is 63.3 Å². The molecule has 1 amide bonds. The molecule has 134 valence electrons. The van der Waals surface area contributed by atoms with Crippen LogP contribution in [0.3, 0.4) is 0 Å². The number of aliphatic hydroxyl groups is 1. The van der Waals surface area contributed by atoms with Crippen molar-refractivity contribution in [3.8, 4) is 0 Å². The fourth-order valence-corrected chi connectivity index (χ4v) is 3.22. The van der Waals surface area contributed by atoms with E-state index < -0.39 is 0 Å². The van der Waals surface area contributed by atoms with Gasteiger partial charge in [0.1, 0.15) is 11.5 Å². The molecule has 1 aromatic carbocycles. The number of aromatic amines is 1. The molecule has 0 radical (unpaired) electrons. The highest BCUT2D eigenvalue weighted by Gasteiger charge is 2.30. The third kappa shape index (κ3) is 4.24. The number of aromatic nitrogens is 2. The summed E-state index contributed by atoms with van der Waals surface area (Å²) in [5.74, 6) is -0.339. The Bertz CT molecular complexity index is 716. The zero-order valence-electron chi connectivity index (χ0n) is 14.3. The van der Waals surface area contributed by atoms with Gasteiger partial charge in [-0.15, -0.1) is 0 Å². The van der Waals surface area contributed by atoms with E-state index in [1.54, 1.807) is 23.1 Å². The number of H-pyrrole nitrogens is 1. The minimum absolute atomic E-state index is 0.0628. The number of benzene rings is 1. The first-order valence-electron chi connectivity index (χ1n) is 8.47. The lowest BCUT2D eigenvalue weighted by Crippen LogP contribution is -2.54. The van der Waals surface area contributed by atoms with E-state index in [1.807, 2.05) is 6.92 Å². The number of hydrogen-bond acceptors (Lipinski definition) is 4. The highest BCUT2D eigenvalue weighted by atomic mass is 19.1. The van der Waals surface area contributed by atoms with Crippen molar-refractivity contribution in [1.82, 2.24) is 20.0 Å². The number of rotatable bonds is 5. The van der Waals surface area contributed by atoms with Crippen LogP contribution >= 0.6 is 0 Å². The first-order valence-corrected chi connectivity index (χ1v) is 8.47. The van der Waals surface area contributed by atoms with Gasteiger partial charge in [-0.1, -0.05) is 12.1 Å². The molecule has 0 bridgehead atoms. The van der Waals surface area contributed by atoms with Gasteiger partial charge in [0.15, 0.2) is 0 Å². The molecule has 2 N–H and O–H groups in total. The molecule has 1 aromatic heterocycles. The van der Waals surface area contributed by atoms with Crippen LogP contribution in [0.15, 0.2) is 30.3 Å². The molecule has 6 nitrogen and oxygen atoms in total. The van der Waals surface area contributed by atoms with Crippen molar-refractivity contribution >= 4 is 5.91 Å². The molecular formula is C18H23FN4O2. The number of carbonyl (C=O) groups excluding carboxylic acids is 1. The van der Waals surface area contributed by atoms with Gasteiger partial charge in [0.25, 0.3) is 5.91 Å². The first-order chi connectivity index (χ1) is 12.1. The van der Waals surface area contributed by atoms with Crippen molar-refractivity contribution in [3.05, 3.63) is 53.1 Å². The largest absolute Gasteiger partial charge is 0.396 e. The third-order valence-corrected chi connectivity index (χ3v) is 4.58. The minimum atomic E-state index is -0.250. The molecule has 2 heterocycles. The third-order valence-electron chi connectivity index (χ3n) is 4.58. The molecule has 1 aliphatic rings. The number of carbonyl (C=O) groups is 1. The van der Waals surface area contributed by atoms with Crippen molar-refractivity contribution in [3.63, 3.8) is 0 Å². The topological polar surface area (TPSA) is 72.5 Å². The molecule has 0 aliphatic carbocycles. The van der Waals surface area contributed by atoms with Crippen molar-refractivity contribution in [2.75, 3.05) is 26.2 Å². The summed E-state index contributed by atoms with van der Waals surface area (Å²) in [7, 11) is 0. The average molecular weight is 346 g/mol. The summed E-state index contributed by atoms with van der Waals surface area (Å²) in [6, 6.07) is 8.26. The maximum absolute atomic E-state index is 13.1. The zero-order chi connectivity index (χ0) is 17.8. The quantitative estimate of drug-likeness (QED) is 0.862. The Hall–Kier alpha value is -2.25. The summed E-state index contributed by atoms with van der Waals surface area (Å²) in [6.45, 7) is 4.46. The normalized spacial score (nSPS) is 18.5. The van der Waals surface area contributed by atoms with Crippen LogP contribution in [0.25, 0.3) is 0 Å². The van der Waals surface area contributed by atoms with E-state index in [9.17, 15) is 14.3 Å². The Morgan fingerprint density at radius 3 is 2.76 bits per heavy atom. The number of nitrogens with one attached hydrogen (secondary N) is 1. The molecule has 1 saturated heterocycles. The van der Waals surface area contributed by atoms with Crippen LogP contribution in [0.1, 0.15) is 28.2 Å². The van der Waals surface area contributed by atoms with Crippen molar-refractivity contribution in [1.29, 1.82) is 0 Å². The van der Waals surface area contributed by atoms with Gasteiger partial charge in [0, 0.05) is 44.5 Å². The summed E-state index contributed by atoms with van der Waals surface area (Å²) < 4.78 is 13.1. The molecule has 0 spiro atoms. The fourth-order valence-electron chi connectivity index (χ4n) is 3.22. The van der Waals surface area contributed by atoms with Gasteiger partial charge in [-0.05, 0) is 37.1 Å². The highest BCUT2D eigenvalue weighted by Crippen LogP contribution is 2.18. The maximum atomic E-state index is 13.1. The second-order valence-electron chi connectivity index (χ2n) is 6.45. The second kappa shape index (κ2) is 7.76. The van der Waals surface area contributed by atoms with Gasteiger partial charge in [-0.3, -0.25) is 14.8 Å². The number of halogens is 1. The predicted octanol–water partition coefficient (Wildman–Crippen LogP) is 1.57. The van der Waals surface area contributed by atoms with Crippen LogP contribution in [-0.2, 0) is 6.54 Å². The van der Waals surface area contributed by atoms with Crippen LogP contribution in [0.2, 0.25) is 0 Å². The van der Waals surface area contributed by atoms with Crippen molar-refractivity contribution < 1.29 is 14.3 Å². The Kier molecular flexibility index (Phi) is 5.45. The lowest BCUT2D eigenvalue weighted by molar-refractivity contribution is 0.0391. The number of piperazine rings is 1. The number of aryl methyl sites for hydroxylation is 1. The van der Waals surface area contributed by atoms with Gasteiger partial charge in [0.05, 0.1) is 0 Å². The van der Waals surface area contributed by atoms with Crippen LogP contribution in [0.4, 0.5) is 4.39 Å². The molecule has 2 aromatic rings. The van der Waals surface area contributed by atoms with Crippen LogP contribution in [0.5, 0.6) is 0 Å². The summed E-state index contributed by atoms with van der Waals surface area (Å²) in [4.78, 5) is 16.6. The summed E-state index contributed by atoms with van der Waals surface area (Å²) in [5, 5.41) is 16.2. The molecule has 0 unspecified atom stereocenters. The van der Waals surface area contributed by atoms with Gasteiger partial charge < -0.3 is 10.0 Å². The SMILES string of the molecule is Cc1cc(C(=O)N2CCN(Cc3ccc(F)cc3)[C@@H](CCO)C2)n[nH]1. The monoisotopic (exact) mass is 346 g/mol. The van der Waals surface area contributed by atoms with Gasteiger partial charge in [-0.25, -0.2) is 4.39 Å². The van der Waals surface area contributed by atoms with Crippen molar-refractivity contribution in [2.24, 2.45) is 0 Å². The zero-order valence-corrected chi connectivity index (χ0v) is 14.3. The fraction of sp³-hybridized carbons (Fsp3) is 0.444. The predicted molar refractivity (Wildman–Crippen MR) is 91.5 cm³/mol. The van der Waals surface area contributed by atoms with Gasteiger partial charge >= 0.3 is 0 Å². The van der Waals surface area contributed by atoms with Gasteiger partial charge in [0.2, 0.25) is 0 Å². The number of aliphatic hydroxyl groups excluding tert-OH is 1. The molecular weight excluding hydrogens is 323 g/mol. The minimum Gasteiger partial charge on any atom is -0.396 e. The standard InChI is InChI=1S/C18H23FN4O2/c1-13-10-17(21-20-13)18(25)23-8-7-22(16(12-23)6-9-24)11-14-2-4-15(19)5-3-14/h2-5,10,16,24H,6-9,11-12H2,1H3,(H,20,21)/t16-/m0/s1. The molecule has 3 rings (SSSR count). The summed E-state index contributed by atoms with van der Waals surface area (Å²) >= 11 is 0. The van der Waals surface area contributed by atoms with E-state index in [-0.39, 0.29) is 24.4 Å². The summed E-state index contributed by atoms with van der Waals surface area (Å²) in [6.07, 6.45) is 0.588. The van der Waals surface area contributed by atoms with Crippen LogP contribution in [0, 0.1) is 12.7 Å². The van der Waals surface area contributed by atoms with E-state index in [0.717, 1.165) is 11.3 Å². The Balaban J connectivity index is 1.67. The second-order valence-corrected chi connectivity index (χ2v) is 6.45. The molecule has 1 aliphatic heterocycles. The van der Waals surface area contributed by atoms with E-state index >= 15 is 0 Å². The molecule has 0 saturated carbocycles. The van der Waals surface area contributed by atoms with Crippen LogP contribution < -0.4 is 0 Å².